The van der Waals surface area contributed by atoms with Gasteiger partial charge in [-0.05, 0) is 19.4 Å². The zero-order valence-electron chi connectivity index (χ0n) is 7.96. The first-order valence-electron chi connectivity index (χ1n) is 4.65. The van der Waals surface area contributed by atoms with Crippen LogP contribution in [0.2, 0.25) is 0 Å². The number of fused-ring (bicyclic) bond motifs is 1. The number of benzene rings is 1. The first kappa shape index (κ1) is 10.0. The molecule has 2 N–H and O–H groups in total. The topological polar surface area (TPSA) is 52.0 Å². The van der Waals surface area contributed by atoms with E-state index in [1.165, 1.54) is 6.20 Å². The van der Waals surface area contributed by atoms with Crippen LogP contribution in [0.25, 0.3) is 11.0 Å². The van der Waals surface area contributed by atoms with Gasteiger partial charge in [0.2, 0.25) is 0 Å². The molecular formula is C10H10F2N2O. The Morgan fingerprint density at radius 2 is 2.20 bits per heavy atom. The maximum Gasteiger partial charge on any atom is 0.172 e. The molecule has 1 heterocycles. The summed E-state index contributed by atoms with van der Waals surface area (Å²) in [5.41, 5.74) is 5.47. The molecule has 0 atom stereocenters. The average molecular weight is 212 g/mol. The van der Waals surface area contributed by atoms with Gasteiger partial charge in [0.25, 0.3) is 0 Å². The van der Waals surface area contributed by atoms with E-state index in [-0.39, 0.29) is 23.0 Å². The number of hydrogen-bond acceptors (Lipinski definition) is 3. The Hall–Kier alpha value is -1.49. The minimum atomic E-state index is -0.606. The van der Waals surface area contributed by atoms with Crippen molar-refractivity contribution in [1.82, 2.24) is 5.16 Å². The first-order chi connectivity index (χ1) is 7.24. The van der Waals surface area contributed by atoms with Crippen LogP contribution in [0.15, 0.2) is 16.8 Å². The molecule has 0 fully saturated rings. The fraction of sp³-hybridized carbons (Fsp3) is 0.300. The van der Waals surface area contributed by atoms with Gasteiger partial charge in [-0.3, -0.25) is 0 Å². The molecule has 15 heavy (non-hydrogen) atoms. The highest BCUT2D eigenvalue weighted by Crippen LogP contribution is 2.24. The van der Waals surface area contributed by atoms with Crippen molar-refractivity contribution in [3.8, 4) is 0 Å². The van der Waals surface area contributed by atoms with Gasteiger partial charge in [-0.15, -0.1) is 0 Å². The first-order valence-corrected chi connectivity index (χ1v) is 4.65. The number of aromatic nitrogens is 1. The number of nitrogens with two attached hydrogens (primary N) is 1. The molecule has 0 spiro atoms. The fourth-order valence-electron chi connectivity index (χ4n) is 1.50. The van der Waals surface area contributed by atoms with Crippen LogP contribution in [-0.4, -0.2) is 11.7 Å². The molecule has 80 valence electrons. The molecule has 0 radical (unpaired) electrons. The third-order valence-electron chi connectivity index (χ3n) is 2.28. The van der Waals surface area contributed by atoms with Crippen LogP contribution in [0.4, 0.5) is 8.78 Å². The predicted octanol–water partition coefficient (Wildman–Crippen LogP) is 2.00. The van der Waals surface area contributed by atoms with Gasteiger partial charge in [-0.2, -0.15) is 0 Å². The van der Waals surface area contributed by atoms with E-state index in [0.29, 0.717) is 13.0 Å². The highest BCUT2D eigenvalue weighted by Gasteiger charge is 2.15. The van der Waals surface area contributed by atoms with Gasteiger partial charge in [-0.1, -0.05) is 5.16 Å². The van der Waals surface area contributed by atoms with Crippen molar-refractivity contribution < 1.29 is 13.3 Å². The Kier molecular flexibility index (Phi) is 2.64. The smallest absolute Gasteiger partial charge is 0.172 e. The standard InChI is InChI=1S/C10H10F2N2O/c11-8-4-9-7(5-14-15-9)10(12)6(8)2-1-3-13/h4-5H,1-3,13H2. The lowest BCUT2D eigenvalue weighted by atomic mass is 10.1. The van der Waals surface area contributed by atoms with E-state index in [4.69, 9.17) is 5.73 Å². The lowest BCUT2D eigenvalue weighted by Crippen LogP contribution is -2.03. The van der Waals surface area contributed by atoms with Crippen LogP contribution < -0.4 is 5.73 Å². The molecule has 0 aliphatic carbocycles. The molecule has 0 amide bonds. The van der Waals surface area contributed by atoms with Gasteiger partial charge < -0.3 is 10.3 Å². The Bertz CT molecular complexity index is 481. The van der Waals surface area contributed by atoms with E-state index in [9.17, 15) is 8.78 Å². The second kappa shape index (κ2) is 3.94. The van der Waals surface area contributed by atoms with E-state index >= 15 is 0 Å². The number of nitrogens with zero attached hydrogens (tertiary/aromatic N) is 1. The Morgan fingerprint density at radius 1 is 1.40 bits per heavy atom. The fourth-order valence-corrected chi connectivity index (χ4v) is 1.50. The van der Waals surface area contributed by atoms with Crippen molar-refractivity contribution in [2.45, 2.75) is 12.8 Å². The van der Waals surface area contributed by atoms with Gasteiger partial charge in [0.15, 0.2) is 5.58 Å². The molecule has 2 aromatic rings. The molecule has 3 nitrogen and oxygen atoms in total. The molecule has 0 saturated heterocycles. The number of hydrogen-bond donors (Lipinski definition) is 1. The quantitative estimate of drug-likeness (QED) is 0.846. The molecule has 2 rings (SSSR count). The van der Waals surface area contributed by atoms with E-state index < -0.39 is 11.6 Å². The van der Waals surface area contributed by atoms with Crippen molar-refractivity contribution in [3.63, 3.8) is 0 Å². The number of halogens is 2. The maximum atomic E-state index is 13.7. The van der Waals surface area contributed by atoms with E-state index in [2.05, 4.69) is 9.68 Å². The summed E-state index contributed by atoms with van der Waals surface area (Å²) in [6.07, 6.45) is 2.08. The lowest BCUT2D eigenvalue weighted by Gasteiger charge is -2.03. The molecule has 0 saturated carbocycles. The predicted molar refractivity (Wildman–Crippen MR) is 51.3 cm³/mol. The largest absolute Gasteiger partial charge is 0.356 e. The lowest BCUT2D eigenvalue weighted by molar-refractivity contribution is 0.453. The van der Waals surface area contributed by atoms with Gasteiger partial charge in [-0.25, -0.2) is 8.78 Å². The van der Waals surface area contributed by atoms with Crippen LogP contribution in [0.5, 0.6) is 0 Å². The molecule has 1 aromatic carbocycles. The summed E-state index contributed by atoms with van der Waals surface area (Å²) in [5.74, 6) is -1.20. The zero-order chi connectivity index (χ0) is 10.8. The highest BCUT2D eigenvalue weighted by molar-refractivity contribution is 5.77. The second-order valence-corrected chi connectivity index (χ2v) is 3.28. The van der Waals surface area contributed by atoms with E-state index in [1.807, 2.05) is 0 Å². The molecular weight excluding hydrogens is 202 g/mol. The van der Waals surface area contributed by atoms with E-state index in [1.54, 1.807) is 0 Å². The summed E-state index contributed by atoms with van der Waals surface area (Å²) < 4.78 is 31.8. The summed E-state index contributed by atoms with van der Waals surface area (Å²) in [4.78, 5) is 0. The Morgan fingerprint density at radius 3 is 2.93 bits per heavy atom. The summed E-state index contributed by atoms with van der Waals surface area (Å²) >= 11 is 0. The average Bonchev–Trinajstić information content (AvgIpc) is 2.65. The van der Waals surface area contributed by atoms with Gasteiger partial charge in [0.1, 0.15) is 11.6 Å². The summed E-state index contributed by atoms with van der Waals surface area (Å²) in [7, 11) is 0. The van der Waals surface area contributed by atoms with E-state index in [0.717, 1.165) is 6.07 Å². The Balaban J connectivity index is 2.52. The van der Waals surface area contributed by atoms with Crippen LogP contribution in [-0.2, 0) is 6.42 Å². The van der Waals surface area contributed by atoms with Crippen molar-refractivity contribution in [2.24, 2.45) is 5.73 Å². The van der Waals surface area contributed by atoms with Crippen molar-refractivity contribution in [1.29, 1.82) is 0 Å². The van der Waals surface area contributed by atoms with Crippen molar-refractivity contribution in [2.75, 3.05) is 6.54 Å². The molecule has 0 aliphatic rings. The molecule has 5 heteroatoms. The summed E-state index contributed by atoms with van der Waals surface area (Å²) in [5, 5.41) is 3.63. The molecule has 0 bridgehead atoms. The van der Waals surface area contributed by atoms with Crippen LogP contribution in [0.3, 0.4) is 0 Å². The normalized spacial score (nSPS) is 11.1. The van der Waals surface area contributed by atoms with Crippen LogP contribution >= 0.6 is 0 Å². The molecule has 0 aliphatic heterocycles. The SMILES string of the molecule is NCCCc1c(F)cc2oncc2c1F. The van der Waals surface area contributed by atoms with Crippen molar-refractivity contribution >= 4 is 11.0 Å². The third kappa shape index (κ3) is 1.70. The second-order valence-electron chi connectivity index (χ2n) is 3.28. The third-order valence-corrected chi connectivity index (χ3v) is 2.28. The van der Waals surface area contributed by atoms with Crippen LogP contribution in [0, 0.1) is 11.6 Å². The Labute approximate surface area is 84.8 Å². The number of rotatable bonds is 3. The maximum absolute atomic E-state index is 13.7. The summed E-state index contributed by atoms with van der Waals surface area (Å²) in [6.45, 7) is 0.403. The van der Waals surface area contributed by atoms with Gasteiger partial charge >= 0.3 is 0 Å². The summed E-state index contributed by atoms with van der Waals surface area (Å²) in [6, 6.07) is 1.15. The van der Waals surface area contributed by atoms with Gasteiger partial charge in [0, 0.05) is 11.6 Å². The van der Waals surface area contributed by atoms with Gasteiger partial charge in [0.05, 0.1) is 11.6 Å². The van der Waals surface area contributed by atoms with Crippen LogP contribution in [0.1, 0.15) is 12.0 Å². The highest BCUT2D eigenvalue weighted by atomic mass is 19.1. The minimum Gasteiger partial charge on any atom is -0.356 e. The monoisotopic (exact) mass is 212 g/mol. The molecule has 1 aromatic heterocycles. The minimum absolute atomic E-state index is 0.0520. The molecule has 0 unspecified atom stereocenters. The van der Waals surface area contributed by atoms with Crippen molar-refractivity contribution in [3.05, 3.63) is 29.5 Å². The zero-order valence-corrected chi connectivity index (χ0v) is 7.96.